The third-order valence-corrected chi connectivity index (χ3v) is 8.32. The van der Waals surface area contributed by atoms with E-state index in [0.29, 0.717) is 12.1 Å². The number of fused-ring (bicyclic) bond motifs is 1. The Morgan fingerprint density at radius 1 is 1.09 bits per heavy atom. The molecule has 1 aliphatic rings. The number of rotatable bonds is 7. The van der Waals surface area contributed by atoms with Crippen LogP contribution in [0.3, 0.4) is 0 Å². The first-order valence-corrected chi connectivity index (χ1v) is 13.0. The number of benzene rings is 1. The second-order valence-electron chi connectivity index (χ2n) is 12.3. The Balaban J connectivity index is 2.13. The molecule has 2 N–H and O–H groups in total. The minimum absolute atomic E-state index is 0.0153. The molecule has 34 heavy (non-hydrogen) atoms. The molecule has 1 fully saturated rings. The summed E-state index contributed by atoms with van der Waals surface area (Å²) in [5.74, 6) is -1.09. The van der Waals surface area contributed by atoms with Gasteiger partial charge in [0.1, 0.15) is 0 Å². The molecule has 1 aromatic carbocycles. The van der Waals surface area contributed by atoms with E-state index in [1.165, 1.54) is 0 Å². The summed E-state index contributed by atoms with van der Waals surface area (Å²) >= 11 is 0. The maximum atomic E-state index is 14.4. The van der Waals surface area contributed by atoms with Gasteiger partial charge >= 0.3 is 7.12 Å². The summed E-state index contributed by atoms with van der Waals surface area (Å²) in [6, 6.07) is 5.76. The van der Waals surface area contributed by atoms with Crippen LogP contribution in [0.15, 0.2) is 24.4 Å². The largest absolute Gasteiger partial charge is 0.494 e. The van der Waals surface area contributed by atoms with Crippen LogP contribution in [-0.2, 0) is 26.8 Å². The second-order valence-corrected chi connectivity index (χ2v) is 14.0. The van der Waals surface area contributed by atoms with Crippen molar-refractivity contribution in [1.29, 1.82) is 0 Å². The van der Waals surface area contributed by atoms with Crippen molar-refractivity contribution in [1.82, 2.24) is 4.57 Å². The van der Waals surface area contributed by atoms with E-state index >= 15 is 0 Å². The van der Waals surface area contributed by atoms with Gasteiger partial charge in [0.05, 0.1) is 26.9 Å². The molecule has 1 saturated heterocycles. The SMILES string of the molecule is CC(C)(C)Cn1cc([C@H](CC(C)(C)S(N)=O)C(F)F)c2ccc(B3OC(C)(C)C(C)(C)O3)cc21. The molecule has 1 unspecified atom stereocenters. The van der Waals surface area contributed by atoms with E-state index in [4.69, 9.17) is 14.4 Å². The fourth-order valence-corrected chi connectivity index (χ4v) is 4.69. The van der Waals surface area contributed by atoms with Crippen molar-refractivity contribution in [2.75, 3.05) is 0 Å². The summed E-state index contributed by atoms with van der Waals surface area (Å²) in [5, 5.41) is 6.38. The lowest BCUT2D eigenvalue weighted by Gasteiger charge is -2.32. The number of halogens is 2. The van der Waals surface area contributed by atoms with Gasteiger partial charge < -0.3 is 13.9 Å². The predicted octanol–water partition coefficient (Wildman–Crippen LogP) is 5.13. The quantitative estimate of drug-likeness (QED) is 0.541. The summed E-state index contributed by atoms with van der Waals surface area (Å²) in [7, 11) is -2.26. The van der Waals surface area contributed by atoms with Crippen LogP contribution in [0.1, 0.15) is 80.2 Å². The Labute approximate surface area is 205 Å². The standard InChI is InChI=1S/C25H39BF2N2O3S/c1-22(2,3)15-30-14-19(18(21(27)28)13-23(4,5)34(29)31)17-11-10-16(12-20(17)30)26-32-24(6,7)25(8,9)33-26/h10-12,14,18,21H,13,15,29H2,1-9H3/t18-,34?/m0/s1. The fourth-order valence-electron chi connectivity index (χ4n) is 4.35. The monoisotopic (exact) mass is 496 g/mol. The molecule has 0 spiro atoms. The van der Waals surface area contributed by atoms with Gasteiger partial charge in [0.25, 0.3) is 0 Å². The number of nitrogens with zero attached hydrogens (tertiary/aromatic N) is 1. The Morgan fingerprint density at radius 2 is 1.65 bits per heavy atom. The Hall–Kier alpha value is -1.29. The third-order valence-electron chi connectivity index (χ3n) is 7.07. The van der Waals surface area contributed by atoms with Crippen molar-refractivity contribution in [3.63, 3.8) is 0 Å². The molecular weight excluding hydrogens is 457 g/mol. The van der Waals surface area contributed by atoms with Crippen molar-refractivity contribution in [2.45, 2.75) is 104 Å². The Morgan fingerprint density at radius 3 is 2.12 bits per heavy atom. The molecule has 5 nitrogen and oxygen atoms in total. The topological polar surface area (TPSA) is 66.5 Å². The van der Waals surface area contributed by atoms with Gasteiger partial charge in [-0.15, -0.1) is 0 Å². The number of hydrogen-bond donors (Lipinski definition) is 1. The first-order valence-electron chi connectivity index (χ1n) is 11.8. The average Bonchev–Trinajstić information content (AvgIpc) is 3.11. The predicted molar refractivity (Wildman–Crippen MR) is 137 cm³/mol. The highest BCUT2D eigenvalue weighted by molar-refractivity contribution is 7.84. The van der Waals surface area contributed by atoms with E-state index in [-0.39, 0.29) is 11.8 Å². The third kappa shape index (κ3) is 5.42. The highest BCUT2D eigenvalue weighted by atomic mass is 32.2. The summed E-state index contributed by atoms with van der Waals surface area (Å²) in [6.45, 7) is 18.3. The number of nitrogens with two attached hydrogens (primary N) is 1. The molecule has 0 radical (unpaired) electrons. The number of hydrogen-bond acceptors (Lipinski definition) is 3. The van der Waals surface area contributed by atoms with Crippen LogP contribution in [0.2, 0.25) is 0 Å². The molecule has 3 rings (SSSR count). The minimum Gasteiger partial charge on any atom is -0.399 e. The summed E-state index contributed by atoms with van der Waals surface area (Å²) in [4.78, 5) is 0. The van der Waals surface area contributed by atoms with E-state index in [2.05, 4.69) is 20.8 Å². The van der Waals surface area contributed by atoms with Gasteiger partial charge in [0, 0.05) is 29.6 Å². The molecule has 1 aliphatic heterocycles. The van der Waals surface area contributed by atoms with Gasteiger partial charge in [-0.25, -0.2) is 13.0 Å². The van der Waals surface area contributed by atoms with Crippen LogP contribution in [0.25, 0.3) is 10.9 Å². The van der Waals surface area contributed by atoms with E-state index < -0.39 is 46.4 Å². The molecule has 2 heterocycles. The van der Waals surface area contributed by atoms with E-state index in [0.717, 1.165) is 16.4 Å². The van der Waals surface area contributed by atoms with Crippen LogP contribution in [0, 0.1) is 5.41 Å². The highest BCUT2D eigenvalue weighted by Gasteiger charge is 2.51. The van der Waals surface area contributed by atoms with Crippen LogP contribution in [0.5, 0.6) is 0 Å². The van der Waals surface area contributed by atoms with Crippen molar-refractivity contribution < 1.29 is 22.3 Å². The van der Waals surface area contributed by atoms with Crippen LogP contribution >= 0.6 is 0 Å². The number of aromatic nitrogens is 1. The second kappa shape index (κ2) is 8.98. The Bertz CT molecular complexity index is 1060. The van der Waals surface area contributed by atoms with Gasteiger partial charge in [0.2, 0.25) is 6.43 Å². The lowest BCUT2D eigenvalue weighted by atomic mass is 9.78. The van der Waals surface area contributed by atoms with Gasteiger partial charge in [0.15, 0.2) is 0 Å². The zero-order valence-electron chi connectivity index (χ0n) is 21.9. The van der Waals surface area contributed by atoms with Gasteiger partial charge in [-0.1, -0.05) is 32.9 Å². The molecule has 9 heteroatoms. The van der Waals surface area contributed by atoms with Crippen molar-refractivity contribution in [2.24, 2.45) is 10.6 Å². The normalized spacial score (nSPS) is 20.3. The first kappa shape index (κ1) is 27.3. The zero-order chi connectivity index (χ0) is 25.9. The molecule has 1 aromatic heterocycles. The molecule has 0 saturated carbocycles. The van der Waals surface area contributed by atoms with Crippen molar-refractivity contribution >= 4 is 34.5 Å². The molecule has 2 atom stereocenters. The summed E-state index contributed by atoms with van der Waals surface area (Å²) in [6.07, 6.45) is -0.767. The number of alkyl halides is 2. The van der Waals surface area contributed by atoms with Gasteiger partial charge in [-0.05, 0) is 70.5 Å². The minimum atomic E-state index is -2.61. The van der Waals surface area contributed by atoms with Crippen LogP contribution in [-0.4, -0.2) is 38.3 Å². The van der Waals surface area contributed by atoms with Gasteiger partial charge in [-0.2, -0.15) is 0 Å². The maximum absolute atomic E-state index is 14.4. The lowest BCUT2D eigenvalue weighted by Crippen LogP contribution is -2.41. The Kier molecular flexibility index (Phi) is 7.21. The summed E-state index contributed by atoms with van der Waals surface area (Å²) in [5.41, 5.74) is 1.23. The van der Waals surface area contributed by atoms with Crippen molar-refractivity contribution in [3.8, 4) is 0 Å². The average molecular weight is 496 g/mol. The lowest BCUT2D eigenvalue weighted by molar-refractivity contribution is 0.00578. The van der Waals surface area contributed by atoms with Crippen LogP contribution < -0.4 is 10.6 Å². The van der Waals surface area contributed by atoms with E-state index in [1.54, 1.807) is 13.8 Å². The fraction of sp³-hybridized carbons (Fsp3) is 0.680. The maximum Gasteiger partial charge on any atom is 0.494 e. The van der Waals surface area contributed by atoms with Crippen LogP contribution in [0.4, 0.5) is 8.78 Å². The smallest absolute Gasteiger partial charge is 0.399 e. The molecule has 0 bridgehead atoms. The summed E-state index contributed by atoms with van der Waals surface area (Å²) < 4.78 is 54.3. The molecule has 0 aliphatic carbocycles. The first-order chi connectivity index (χ1) is 15.3. The van der Waals surface area contributed by atoms with Gasteiger partial charge in [-0.3, -0.25) is 5.14 Å². The molecule has 0 amide bonds. The van der Waals surface area contributed by atoms with E-state index in [1.807, 2.05) is 56.7 Å². The molecular formula is C25H39BF2N2O3S. The zero-order valence-corrected chi connectivity index (χ0v) is 22.7. The van der Waals surface area contributed by atoms with E-state index in [9.17, 15) is 13.0 Å². The molecule has 2 aromatic rings. The van der Waals surface area contributed by atoms with Crippen molar-refractivity contribution in [3.05, 3.63) is 30.0 Å². The highest BCUT2D eigenvalue weighted by Crippen LogP contribution is 2.40. The molecule has 190 valence electrons.